The molecule has 2 aromatic carbocycles. The van der Waals surface area contributed by atoms with Gasteiger partial charge in [0.2, 0.25) is 0 Å². The fraction of sp³-hybridized carbons (Fsp3) is 0.250. The average Bonchev–Trinajstić information content (AvgIpc) is 3.02. The third kappa shape index (κ3) is 4.92. The summed E-state index contributed by atoms with van der Waals surface area (Å²) >= 11 is 5.72. The number of rotatable bonds is 8. The van der Waals surface area contributed by atoms with Gasteiger partial charge in [-0.05, 0) is 31.2 Å². The Morgan fingerprint density at radius 2 is 1.84 bits per heavy atom. The van der Waals surface area contributed by atoms with Crippen LogP contribution in [0.15, 0.2) is 47.3 Å². The SMILES string of the molecule is CCn1c(=O)n(CCC(=O)OCC(=O)Nc2ccc(Cl)c([N+](=O)[O-])c2)c2ccccc21. The van der Waals surface area contributed by atoms with E-state index in [1.54, 1.807) is 10.6 Å². The van der Waals surface area contributed by atoms with E-state index < -0.39 is 23.4 Å². The van der Waals surface area contributed by atoms with Crippen LogP contribution in [0.3, 0.4) is 0 Å². The summed E-state index contributed by atoms with van der Waals surface area (Å²) in [7, 11) is 0. The molecule has 162 valence electrons. The molecule has 1 N–H and O–H groups in total. The van der Waals surface area contributed by atoms with Gasteiger partial charge in [0, 0.05) is 24.8 Å². The molecule has 0 aliphatic rings. The highest BCUT2D eigenvalue weighted by molar-refractivity contribution is 6.32. The highest BCUT2D eigenvalue weighted by atomic mass is 35.5. The van der Waals surface area contributed by atoms with E-state index in [9.17, 15) is 24.5 Å². The van der Waals surface area contributed by atoms with Crippen LogP contribution >= 0.6 is 11.6 Å². The van der Waals surface area contributed by atoms with Crippen molar-refractivity contribution < 1.29 is 19.2 Å². The number of para-hydroxylation sites is 2. The van der Waals surface area contributed by atoms with Gasteiger partial charge in [0.25, 0.3) is 11.6 Å². The molecule has 0 aliphatic carbocycles. The third-order valence-electron chi connectivity index (χ3n) is 4.57. The number of aryl methyl sites for hydroxylation is 2. The zero-order valence-corrected chi connectivity index (χ0v) is 17.3. The molecule has 11 heteroatoms. The number of amides is 1. The summed E-state index contributed by atoms with van der Waals surface area (Å²) < 4.78 is 8.05. The van der Waals surface area contributed by atoms with Crippen LogP contribution < -0.4 is 11.0 Å². The molecule has 10 nitrogen and oxygen atoms in total. The van der Waals surface area contributed by atoms with E-state index in [2.05, 4.69) is 5.32 Å². The molecule has 31 heavy (non-hydrogen) atoms. The number of anilines is 1. The average molecular weight is 447 g/mol. The molecule has 0 bridgehead atoms. The Bertz CT molecular complexity index is 1220. The summed E-state index contributed by atoms with van der Waals surface area (Å²) in [6, 6.07) is 11.1. The monoisotopic (exact) mass is 446 g/mol. The van der Waals surface area contributed by atoms with Crippen molar-refractivity contribution in [1.82, 2.24) is 9.13 Å². The van der Waals surface area contributed by atoms with Gasteiger partial charge >= 0.3 is 11.7 Å². The standard InChI is InChI=1S/C20H19ClN4O6/c1-2-23-15-5-3-4-6-16(15)24(20(23)28)10-9-19(27)31-12-18(26)22-13-7-8-14(21)17(11-13)25(29)30/h3-8,11H,2,9-10,12H2,1H3,(H,22,26). The number of aromatic nitrogens is 2. The summed E-state index contributed by atoms with van der Waals surface area (Å²) in [5.41, 5.74) is 1.06. The number of esters is 1. The predicted molar refractivity (Wildman–Crippen MR) is 114 cm³/mol. The smallest absolute Gasteiger partial charge is 0.329 e. The number of benzene rings is 2. The van der Waals surface area contributed by atoms with Crippen LogP contribution in [0.2, 0.25) is 5.02 Å². The largest absolute Gasteiger partial charge is 0.456 e. The molecule has 1 amide bonds. The summed E-state index contributed by atoms with van der Waals surface area (Å²) in [4.78, 5) is 46.8. The Hall–Kier alpha value is -3.66. The van der Waals surface area contributed by atoms with Crippen LogP contribution in [0.25, 0.3) is 11.0 Å². The minimum atomic E-state index is -0.671. The number of hydrogen-bond acceptors (Lipinski definition) is 6. The van der Waals surface area contributed by atoms with Crippen LogP contribution in [0.4, 0.5) is 11.4 Å². The van der Waals surface area contributed by atoms with Gasteiger partial charge in [-0.1, -0.05) is 23.7 Å². The lowest BCUT2D eigenvalue weighted by Gasteiger charge is -2.07. The normalized spacial score (nSPS) is 10.8. The minimum Gasteiger partial charge on any atom is -0.456 e. The lowest BCUT2D eigenvalue weighted by Crippen LogP contribution is -2.26. The van der Waals surface area contributed by atoms with Crippen molar-refractivity contribution in [3.8, 4) is 0 Å². The molecule has 1 heterocycles. The molecule has 0 aliphatic heterocycles. The molecule has 0 saturated carbocycles. The first-order valence-corrected chi connectivity index (χ1v) is 9.77. The Balaban J connectivity index is 1.57. The lowest BCUT2D eigenvalue weighted by molar-refractivity contribution is -0.384. The van der Waals surface area contributed by atoms with Crippen LogP contribution in [-0.4, -0.2) is 32.5 Å². The van der Waals surface area contributed by atoms with Crippen LogP contribution in [-0.2, 0) is 27.4 Å². The molecule has 0 unspecified atom stereocenters. The third-order valence-corrected chi connectivity index (χ3v) is 4.89. The second-order valence-corrected chi connectivity index (χ2v) is 6.96. The number of nitro benzene ring substituents is 1. The zero-order chi connectivity index (χ0) is 22.5. The van der Waals surface area contributed by atoms with Crippen molar-refractivity contribution in [1.29, 1.82) is 0 Å². The maximum absolute atomic E-state index is 12.6. The molecule has 0 spiro atoms. The fourth-order valence-corrected chi connectivity index (χ4v) is 3.33. The van der Waals surface area contributed by atoms with E-state index in [0.717, 1.165) is 11.6 Å². The second-order valence-electron chi connectivity index (χ2n) is 6.55. The van der Waals surface area contributed by atoms with Gasteiger partial charge in [0.1, 0.15) is 5.02 Å². The van der Waals surface area contributed by atoms with E-state index in [1.165, 1.54) is 16.7 Å². The Morgan fingerprint density at radius 1 is 1.16 bits per heavy atom. The highest BCUT2D eigenvalue weighted by Gasteiger charge is 2.16. The Labute approximate surface area is 181 Å². The molecular weight excluding hydrogens is 428 g/mol. The number of fused-ring (bicyclic) bond motifs is 1. The molecule has 0 fully saturated rings. The van der Waals surface area contributed by atoms with Crippen molar-refractivity contribution in [2.75, 3.05) is 11.9 Å². The van der Waals surface area contributed by atoms with Crippen LogP contribution in [0.5, 0.6) is 0 Å². The molecular formula is C20H19ClN4O6. The zero-order valence-electron chi connectivity index (χ0n) is 16.5. The number of carbonyl (C=O) groups excluding carboxylic acids is 2. The quantitative estimate of drug-likeness (QED) is 0.322. The number of halogens is 1. The van der Waals surface area contributed by atoms with Gasteiger partial charge in [0.05, 0.1) is 22.4 Å². The van der Waals surface area contributed by atoms with Gasteiger partial charge in [-0.2, -0.15) is 0 Å². The maximum Gasteiger partial charge on any atom is 0.329 e. The van der Waals surface area contributed by atoms with Gasteiger partial charge < -0.3 is 10.1 Å². The number of nitro groups is 1. The number of ether oxygens (including phenoxy) is 1. The first-order chi connectivity index (χ1) is 14.8. The summed E-state index contributed by atoms with van der Waals surface area (Å²) in [5, 5.41) is 13.2. The van der Waals surface area contributed by atoms with Crippen molar-refractivity contribution >= 4 is 45.9 Å². The van der Waals surface area contributed by atoms with Crippen molar-refractivity contribution in [2.24, 2.45) is 0 Å². The second kappa shape index (κ2) is 9.43. The number of imidazole rings is 1. The molecule has 0 atom stereocenters. The fourth-order valence-electron chi connectivity index (χ4n) is 3.14. The minimum absolute atomic E-state index is 0.0610. The van der Waals surface area contributed by atoms with Crippen LogP contribution in [0, 0.1) is 10.1 Å². The van der Waals surface area contributed by atoms with Gasteiger partial charge in [-0.15, -0.1) is 0 Å². The van der Waals surface area contributed by atoms with E-state index in [1.807, 2.05) is 25.1 Å². The first kappa shape index (κ1) is 22.0. The highest BCUT2D eigenvalue weighted by Crippen LogP contribution is 2.27. The van der Waals surface area contributed by atoms with E-state index in [4.69, 9.17) is 16.3 Å². The van der Waals surface area contributed by atoms with Gasteiger partial charge in [-0.3, -0.25) is 28.8 Å². The molecule has 1 aromatic heterocycles. The summed E-state index contributed by atoms with van der Waals surface area (Å²) in [6.07, 6.45) is -0.0999. The van der Waals surface area contributed by atoms with Crippen molar-refractivity contribution in [2.45, 2.75) is 26.4 Å². The van der Waals surface area contributed by atoms with Gasteiger partial charge in [-0.25, -0.2) is 4.79 Å². The molecule has 3 rings (SSSR count). The Morgan fingerprint density at radius 3 is 2.48 bits per heavy atom. The topological polar surface area (TPSA) is 125 Å². The van der Waals surface area contributed by atoms with E-state index in [0.29, 0.717) is 12.1 Å². The van der Waals surface area contributed by atoms with Crippen LogP contribution in [0.1, 0.15) is 13.3 Å². The van der Waals surface area contributed by atoms with E-state index >= 15 is 0 Å². The maximum atomic E-state index is 12.6. The molecule has 0 radical (unpaired) electrons. The first-order valence-electron chi connectivity index (χ1n) is 9.39. The summed E-state index contributed by atoms with van der Waals surface area (Å²) in [6.45, 7) is 1.90. The molecule has 3 aromatic rings. The Kier molecular flexibility index (Phi) is 6.71. The molecule has 0 saturated heterocycles. The number of carbonyl (C=O) groups is 2. The van der Waals surface area contributed by atoms with Crippen molar-refractivity contribution in [3.05, 3.63) is 68.1 Å². The number of hydrogen-bond donors (Lipinski definition) is 1. The van der Waals surface area contributed by atoms with Crippen molar-refractivity contribution in [3.63, 3.8) is 0 Å². The number of nitrogens with one attached hydrogen (secondary N) is 1. The van der Waals surface area contributed by atoms with E-state index in [-0.39, 0.29) is 35.1 Å². The lowest BCUT2D eigenvalue weighted by atomic mass is 10.3. The summed E-state index contributed by atoms with van der Waals surface area (Å²) in [5.74, 6) is -1.32. The number of nitrogens with zero attached hydrogens (tertiary/aromatic N) is 3. The van der Waals surface area contributed by atoms with Gasteiger partial charge in [0.15, 0.2) is 6.61 Å². The predicted octanol–water partition coefficient (Wildman–Crippen LogP) is 2.96.